The zero-order chi connectivity index (χ0) is 13.5. The van der Waals surface area contributed by atoms with Gasteiger partial charge >= 0.3 is 0 Å². The van der Waals surface area contributed by atoms with Crippen molar-refractivity contribution in [2.24, 2.45) is 0 Å². The van der Waals surface area contributed by atoms with E-state index in [1.807, 2.05) is 17.6 Å². The molecule has 0 saturated heterocycles. The van der Waals surface area contributed by atoms with E-state index in [-0.39, 0.29) is 5.82 Å². The molecule has 0 unspecified atom stereocenters. The van der Waals surface area contributed by atoms with E-state index in [1.54, 1.807) is 11.3 Å². The molecule has 1 aromatic carbocycles. The monoisotopic (exact) mass is 284 g/mol. The highest BCUT2D eigenvalue weighted by molar-refractivity contribution is 7.16. The first-order chi connectivity index (χ1) is 9.78. The molecule has 0 saturated carbocycles. The first-order valence-corrected chi connectivity index (χ1v) is 6.98. The fraction of sp³-hybridized carbons (Fsp3) is 0.0714. The summed E-state index contributed by atoms with van der Waals surface area (Å²) in [5, 5.41) is 0. The minimum Gasteiger partial charge on any atom is -0.340 e. The molecule has 0 aliphatic rings. The van der Waals surface area contributed by atoms with Crippen molar-refractivity contribution in [2.45, 2.75) is 6.42 Å². The van der Waals surface area contributed by atoms with Gasteiger partial charge in [-0.2, -0.15) is 0 Å². The Hall–Kier alpha value is -2.34. The summed E-state index contributed by atoms with van der Waals surface area (Å²) in [4.78, 5) is 15.7. The summed E-state index contributed by atoms with van der Waals surface area (Å²) in [5.41, 5.74) is 5.15. The number of thiazole rings is 1. The number of aromatic nitrogens is 4. The zero-order valence-corrected chi connectivity index (χ0v) is 11.1. The maximum absolute atomic E-state index is 13.1. The molecule has 6 heteroatoms. The van der Waals surface area contributed by atoms with Gasteiger partial charge in [0.1, 0.15) is 11.6 Å². The number of fused-ring (bicyclic) bond motifs is 2. The van der Waals surface area contributed by atoms with Gasteiger partial charge in [0.15, 0.2) is 5.65 Å². The van der Waals surface area contributed by atoms with E-state index in [4.69, 9.17) is 0 Å². The first-order valence-electron chi connectivity index (χ1n) is 6.10. The zero-order valence-electron chi connectivity index (χ0n) is 10.3. The molecule has 4 rings (SSSR count). The molecule has 0 aliphatic carbocycles. The molecule has 4 aromatic rings. The van der Waals surface area contributed by atoms with E-state index >= 15 is 0 Å². The minimum absolute atomic E-state index is 0.362. The van der Waals surface area contributed by atoms with Gasteiger partial charge in [0.25, 0.3) is 0 Å². The van der Waals surface area contributed by atoms with Crippen LogP contribution in [0.15, 0.2) is 36.0 Å². The molecular formula is C14H9FN4S. The summed E-state index contributed by atoms with van der Waals surface area (Å²) in [5.74, 6) is 0.417. The van der Waals surface area contributed by atoms with Crippen LogP contribution < -0.4 is 0 Å². The Kier molecular flexibility index (Phi) is 2.50. The van der Waals surface area contributed by atoms with Crippen molar-refractivity contribution >= 4 is 32.7 Å². The summed E-state index contributed by atoms with van der Waals surface area (Å²) in [6, 6.07) is 7.55. The summed E-state index contributed by atoms with van der Waals surface area (Å²) in [6.45, 7) is 0. The second kappa shape index (κ2) is 4.35. The lowest BCUT2D eigenvalue weighted by molar-refractivity contribution is 0.624. The number of imidazole rings is 1. The van der Waals surface area contributed by atoms with Gasteiger partial charge in [-0.25, -0.2) is 19.3 Å². The quantitative estimate of drug-likeness (QED) is 0.614. The van der Waals surface area contributed by atoms with Gasteiger partial charge < -0.3 is 4.98 Å². The van der Waals surface area contributed by atoms with Gasteiger partial charge in [-0.3, -0.25) is 0 Å². The van der Waals surface area contributed by atoms with Crippen LogP contribution in [0.1, 0.15) is 11.4 Å². The second-order valence-electron chi connectivity index (χ2n) is 4.54. The molecule has 98 valence electrons. The highest BCUT2D eigenvalue weighted by atomic mass is 32.1. The summed E-state index contributed by atoms with van der Waals surface area (Å²) < 4.78 is 14.3. The SMILES string of the molecule is Fc1cnc2nc(Cc3ccc4ncsc4c3)[nH]c2c1. The number of benzene rings is 1. The number of hydrogen-bond acceptors (Lipinski definition) is 4. The molecule has 0 amide bonds. The van der Waals surface area contributed by atoms with Gasteiger partial charge in [-0.15, -0.1) is 11.3 Å². The van der Waals surface area contributed by atoms with Crippen molar-refractivity contribution < 1.29 is 4.39 Å². The third-order valence-electron chi connectivity index (χ3n) is 3.12. The lowest BCUT2D eigenvalue weighted by Crippen LogP contribution is -1.90. The predicted octanol–water partition coefficient (Wildman–Crippen LogP) is 3.30. The third kappa shape index (κ3) is 1.94. The average Bonchev–Trinajstić information content (AvgIpc) is 3.03. The van der Waals surface area contributed by atoms with E-state index < -0.39 is 0 Å². The maximum Gasteiger partial charge on any atom is 0.177 e. The van der Waals surface area contributed by atoms with Crippen LogP contribution in [0.5, 0.6) is 0 Å². The predicted molar refractivity (Wildman–Crippen MR) is 76.3 cm³/mol. The number of aromatic amines is 1. The Morgan fingerprint density at radius 1 is 1.20 bits per heavy atom. The van der Waals surface area contributed by atoms with Gasteiger partial charge in [-0.1, -0.05) is 6.07 Å². The molecular weight excluding hydrogens is 275 g/mol. The molecule has 0 fully saturated rings. The van der Waals surface area contributed by atoms with Crippen molar-refractivity contribution in [1.82, 2.24) is 19.9 Å². The molecule has 0 spiro atoms. The maximum atomic E-state index is 13.1. The minimum atomic E-state index is -0.362. The number of halogens is 1. The number of H-pyrrole nitrogens is 1. The highest BCUT2D eigenvalue weighted by Gasteiger charge is 2.07. The van der Waals surface area contributed by atoms with Gasteiger partial charge in [0.2, 0.25) is 0 Å². The van der Waals surface area contributed by atoms with Crippen LogP contribution in [0, 0.1) is 5.82 Å². The number of nitrogens with zero attached hydrogens (tertiary/aromatic N) is 3. The second-order valence-corrected chi connectivity index (χ2v) is 5.43. The fourth-order valence-electron chi connectivity index (χ4n) is 2.21. The van der Waals surface area contributed by atoms with Crippen LogP contribution in [0.3, 0.4) is 0 Å². The summed E-state index contributed by atoms with van der Waals surface area (Å²) in [7, 11) is 0. The first kappa shape index (κ1) is 11.5. The Morgan fingerprint density at radius 3 is 3.10 bits per heavy atom. The number of rotatable bonds is 2. The van der Waals surface area contributed by atoms with E-state index in [0.29, 0.717) is 17.6 Å². The number of hydrogen-bond donors (Lipinski definition) is 1. The van der Waals surface area contributed by atoms with Crippen molar-refractivity contribution in [1.29, 1.82) is 0 Å². The molecule has 4 nitrogen and oxygen atoms in total. The standard InChI is InChI=1S/C14H9FN4S/c15-9-5-11-14(16-6-9)19-13(18-11)4-8-1-2-10-12(3-8)20-7-17-10/h1-3,5-7H,4H2,(H,16,18,19). The van der Waals surface area contributed by atoms with Crippen molar-refractivity contribution in [3.63, 3.8) is 0 Å². The van der Waals surface area contributed by atoms with Crippen LogP contribution in [0.2, 0.25) is 0 Å². The normalized spacial score (nSPS) is 11.4. The van der Waals surface area contributed by atoms with E-state index in [2.05, 4.69) is 26.0 Å². The Labute approximate surface area is 117 Å². The lowest BCUT2D eigenvalue weighted by atomic mass is 10.1. The molecule has 0 radical (unpaired) electrons. The number of nitrogens with one attached hydrogen (secondary N) is 1. The van der Waals surface area contributed by atoms with Crippen LogP contribution in [0.25, 0.3) is 21.4 Å². The highest BCUT2D eigenvalue weighted by Crippen LogP contribution is 2.21. The number of pyridine rings is 1. The lowest BCUT2D eigenvalue weighted by Gasteiger charge is -1.97. The van der Waals surface area contributed by atoms with Gasteiger partial charge in [0, 0.05) is 12.5 Å². The van der Waals surface area contributed by atoms with Crippen LogP contribution in [-0.4, -0.2) is 19.9 Å². The molecule has 0 aliphatic heterocycles. The smallest absolute Gasteiger partial charge is 0.177 e. The molecule has 0 bridgehead atoms. The van der Waals surface area contributed by atoms with E-state index in [0.717, 1.165) is 21.6 Å². The Balaban J connectivity index is 1.72. The van der Waals surface area contributed by atoms with Crippen molar-refractivity contribution in [3.05, 3.63) is 53.2 Å². The molecule has 3 heterocycles. The fourth-order valence-corrected chi connectivity index (χ4v) is 2.95. The van der Waals surface area contributed by atoms with E-state index in [9.17, 15) is 4.39 Å². The Bertz CT molecular complexity index is 912. The van der Waals surface area contributed by atoms with Gasteiger partial charge in [-0.05, 0) is 17.7 Å². The summed E-state index contributed by atoms with van der Waals surface area (Å²) in [6.07, 6.45) is 1.84. The third-order valence-corrected chi connectivity index (χ3v) is 3.91. The van der Waals surface area contributed by atoms with Gasteiger partial charge in [0.05, 0.1) is 27.4 Å². The topological polar surface area (TPSA) is 54.5 Å². The summed E-state index contributed by atoms with van der Waals surface area (Å²) >= 11 is 1.62. The van der Waals surface area contributed by atoms with Crippen LogP contribution in [-0.2, 0) is 6.42 Å². The van der Waals surface area contributed by atoms with E-state index in [1.165, 1.54) is 12.3 Å². The largest absolute Gasteiger partial charge is 0.340 e. The molecule has 3 aromatic heterocycles. The molecule has 20 heavy (non-hydrogen) atoms. The molecule has 0 atom stereocenters. The average molecular weight is 284 g/mol. The Morgan fingerprint density at radius 2 is 2.15 bits per heavy atom. The van der Waals surface area contributed by atoms with Crippen molar-refractivity contribution in [3.8, 4) is 0 Å². The van der Waals surface area contributed by atoms with Crippen LogP contribution in [0.4, 0.5) is 4.39 Å². The molecule has 1 N–H and O–H groups in total. The van der Waals surface area contributed by atoms with Crippen LogP contribution >= 0.6 is 11.3 Å². The van der Waals surface area contributed by atoms with Crippen molar-refractivity contribution in [2.75, 3.05) is 0 Å².